The average Bonchev–Trinajstić information content (AvgIpc) is 2.97. The van der Waals surface area contributed by atoms with Crippen LogP contribution in [0.4, 0.5) is 0 Å². The van der Waals surface area contributed by atoms with E-state index in [0.29, 0.717) is 32.1 Å². The molecule has 3 fully saturated rings. The van der Waals surface area contributed by atoms with Gasteiger partial charge in [0, 0.05) is 18.3 Å². The van der Waals surface area contributed by atoms with E-state index in [9.17, 15) is 34.8 Å². The van der Waals surface area contributed by atoms with Crippen molar-refractivity contribution in [2.75, 3.05) is 6.61 Å². The highest BCUT2D eigenvalue weighted by Gasteiger charge is 2.69. The molecule has 0 aromatic rings. The number of rotatable bonds is 5. The van der Waals surface area contributed by atoms with Gasteiger partial charge < -0.3 is 20.4 Å². The number of carboxylic acids is 1. The van der Waals surface area contributed by atoms with E-state index in [4.69, 9.17) is 0 Å². The summed E-state index contributed by atoms with van der Waals surface area (Å²) in [6.45, 7) is 3.23. The molecule has 0 amide bonds. The summed E-state index contributed by atoms with van der Waals surface area (Å²) in [6.07, 6.45) is 4.18. The zero-order valence-corrected chi connectivity index (χ0v) is 18.3. The third-order valence-corrected chi connectivity index (χ3v) is 9.56. The fraction of sp³-hybridized carbons (Fsp3) is 0.792. The van der Waals surface area contributed by atoms with Gasteiger partial charge in [0.05, 0.1) is 6.10 Å². The Bertz CT molecular complexity index is 834. The predicted molar refractivity (Wildman–Crippen MR) is 111 cm³/mol. The normalized spacial score (nSPS) is 46.5. The molecule has 0 bridgehead atoms. The maximum absolute atomic E-state index is 12.6. The number of hydrogen-bond donors (Lipinski definition) is 4. The molecule has 0 spiro atoms. The maximum Gasteiger partial charge on any atom is 0.303 e. The summed E-state index contributed by atoms with van der Waals surface area (Å²) in [5, 5.41) is 41.7. The van der Waals surface area contributed by atoms with Crippen LogP contribution in [0.5, 0.6) is 0 Å². The zero-order chi connectivity index (χ0) is 22.8. The Morgan fingerprint density at radius 2 is 1.94 bits per heavy atom. The molecule has 0 aromatic carbocycles. The molecule has 172 valence electrons. The fourth-order valence-electron chi connectivity index (χ4n) is 8.01. The highest BCUT2D eigenvalue weighted by atomic mass is 16.4. The van der Waals surface area contributed by atoms with Crippen LogP contribution in [0.25, 0.3) is 0 Å². The first-order valence-electron chi connectivity index (χ1n) is 11.5. The lowest BCUT2D eigenvalue weighted by molar-refractivity contribution is -0.190. The van der Waals surface area contributed by atoms with Crippen LogP contribution >= 0.6 is 0 Å². The number of aliphatic hydroxyl groups is 3. The number of fused-ring (bicyclic) bond motifs is 5. The third kappa shape index (κ3) is 3.15. The Morgan fingerprint density at radius 3 is 2.58 bits per heavy atom. The summed E-state index contributed by atoms with van der Waals surface area (Å²) >= 11 is 0. The van der Waals surface area contributed by atoms with Crippen LogP contribution in [0, 0.1) is 34.5 Å². The summed E-state index contributed by atoms with van der Waals surface area (Å²) < 4.78 is 0. The van der Waals surface area contributed by atoms with E-state index >= 15 is 0 Å². The monoisotopic (exact) mass is 434 g/mol. The number of aliphatic carboxylic acids is 1. The molecule has 31 heavy (non-hydrogen) atoms. The van der Waals surface area contributed by atoms with Crippen LogP contribution in [0.3, 0.4) is 0 Å². The highest BCUT2D eigenvalue weighted by Crippen LogP contribution is 2.69. The molecule has 0 aliphatic heterocycles. The molecule has 0 radical (unpaired) electrons. The van der Waals surface area contributed by atoms with E-state index in [1.54, 1.807) is 6.08 Å². The van der Waals surface area contributed by atoms with Gasteiger partial charge in [-0.3, -0.25) is 14.4 Å². The van der Waals surface area contributed by atoms with Gasteiger partial charge in [0.2, 0.25) is 0 Å². The van der Waals surface area contributed by atoms with Crippen molar-refractivity contribution in [3.05, 3.63) is 11.6 Å². The quantitative estimate of drug-likeness (QED) is 0.519. The second kappa shape index (κ2) is 7.49. The predicted octanol–water partition coefficient (Wildman–Crippen LogP) is 1.87. The van der Waals surface area contributed by atoms with Gasteiger partial charge in [-0.1, -0.05) is 19.4 Å². The number of ketones is 2. The van der Waals surface area contributed by atoms with Crippen LogP contribution in [0.15, 0.2) is 11.6 Å². The van der Waals surface area contributed by atoms with E-state index < -0.39 is 35.5 Å². The Labute approximate surface area is 182 Å². The number of carbonyl (C=O) groups excluding carboxylic acids is 2. The lowest BCUT2D eigenvalue weighted by atomic mass is 9.43. The number of aliphatic hydroxyl groups excluding tert-OH is 2. The number of Topliss-reactive ketones (excluding diaryl/α,β-unsaturated/α-hetero) is 1. The molecule has 0 aromatic heterocycles. The molecule has 4 N–H and O–H groups in total. The molecule has 4 aliphatic rings. The molecule has 0 saturated heterocycles. The van der Waals surface area contributed by atoms with Crippen molar-refractivity contribution in [3.63, 3.8) is 0 Å². The summed E-state index contributed by atoms with van der Waals surface area (Å²) in [4.78, 5) is 36.1. The number of carbonyl (C=O) groups is 3. The molecule has 7 heteroatoms. The largest absolute Gasteiger partial charge is 0.481 e. The molecule has 3 saturated carbocycles. The molecule has 0 heterocycles. The number of hydrogen-bond acceptors (Lipinski definition) is 6. The Kier molecular flexibility index (Phi) is 5.47. The number of allylic oxidation sites excluding steroid dienone is 1. The van der Waals surface area contributed by atoms with E-state index in [0.717, 1.165) is 5.57 Å². The van der Waals surface area contributed by atoms with Gasteiger partial charge in [-0.25, -0.2) is 0 Å². The lowest BCUT2D eigenvalue weighted by Crippen LogP contribution is -2.63. The van der Waals surface area contributed by atoms with Crippen molar-refractivity contribution in [1.29, 1.82) is 0 Å². The lowest BCUT2D eigenvalue weighted by Gasteiger charge is -2.62. The minimum absolute atomic E-state index is 0.00515. The fourth-order valence-corrected chi connectivity index (χ4v) is 8.01. The molecule has 1 unspecified atom stereocenters. The van der Waals surface area contributed by atoms with Crippen LogP contribution in [-0.2, 0) is 14.4 Å². The van der Waals surface area contributed by atoms with Crippen molar-refractivity contribution in [2.24, 2.45) is 34.5 Å². The average molecular weight is 435 g/mol. The first kappa shape index (κ1) is 22.6. The maximum atomic E-state index is 12.6. The zero-order valence-electron chi connectivity index (χ0n) is 18.3. The molecule has 4 rings (SSSR count). The molecular formula is C24H34O7. The summed E-state index contributed by atoms with van der Waals surface area (Å²) in [5.74, 6) is -1.70. The van der Waals surface area contributed by atoms with Gasteiger partial charge in [-0.15, -0.1) is 0 Å². The van der Waals surface area contributed by atoms with Crippen LogP contribution in [0.1, 0.15) is 65.2 Å². The smallest absolute Gasteiger partial charge is 0.303 e. The topological polar surface area (TPSA) is 132 Å². The van der Waals surface area contributed by atoms with Crippen molar-refractivity contribution >= 4 is 17.5 Å². The van der Waals surface area contributed by atoms with Gasteiger partial charge in [0.15, 0.2) is 11.6 Å². The van der Waals surface area contributed by atoms with Crippen LogP contribution in [0.2, 0.25) is 0 Å². The van der Waals surface area contributed by atoms with Gasteiger partial charge in [0.1, 0.15) is 12.2 Å². The van der Waals surface area contributed by atoms with Crippen LogP contribution in [-0.4, -0.2) is 56.3 Å². The summed E-state index contributed by atoms with van der Waals surface area (Å²) in [7, 11) is 0. The van der Waals surface area contributed by atoms with E-state index in [1.165, 1.54) is 0 Å². The first-order valence-corrected chi connectivity index (χ1v) is 11.5. The van der Waals surface area contributed by atoms with Gasteiger partial charge in [0.25, 0.3) is 0 Å². The Hall–Kier alpha value is -1.57. The van der Waals surface area contributed by atoms with Gasteiger partial charge in [-0.2, -0.15) is 0 Å². The Morgan fingerprint density at radius 1 is 1.23 bits per heavy atom. The van der Waals surface area contributed by atoms with Crippen molar-refractivity contribution in [3.8, 4) is 0 Å². The molecule has 4 aliphatic carbocycles. The van der Waals surface area contributed by atoms with Gasteiger partial charge >= 0.3 is 5.97 Å². The van der Waals surface area contributed by atoms with Crippen molar-refractivity contribution in [1.82, 2.24) is 0 Å². The van der Waals surface area contributed by atoms with Crippen molar-refractivity contribution in [2.45, 2.75) is 76.9 Å². The minimum Gasteiger partial charge on any atom is -0.481 e. The van der Waals surface area contributed by atoms with Crippen molar-refractivity contribution < 1.29 is 34.8 Å². The first-order chi connectivity index (χ1) is 14.5. The highest BCUT2D eigenvalue weighted by molar-refractivity contribution is 5.92. The number of carboxylic acid groups (broad SMARTS) is 1. The SMILES string of the molecule is C[C@]12CCC(=O)C=C1CC(CCC(=O)O)[C@@H]1[C@@H]2[C@@H](O)C[C@@]2(C)[C@H]1CC[C@]2(O)C(=O)CO. The van der Waals surface area contributed by atoms with Crippen LogP contribution < -0.4 is 0 Å². The summed E-state index contributed by atoms with van der Waals surface area (Å²) in [5.41, 5.74) is -1.89. The van der Waals surface area contributed by atoms with Gasteiger partial charge in [-0.05, 0) is 73.7 Å². The van der Waals surface area contributed by atoms with E-state index in [2.05, 4.69) is 6.92 Å². The molecule has 8 atom stereocenters. The minimum atomic E-state index is -1.69. The van der Waals surface area contributed by atoms with E-state index in [-0.39, 0.29) is 54.1 Å². The second-order valence-electron chi connectivity index (χ2n) is 10.8. The molecular weight excluding hydrogens is 400 g/mol. The third-order valence-electron chi connectivity index (χ3n) is 9.56. The Balaban J connectivity index is 1.79. The standard InChI is InChI=1S/C24H34O7/c1-22-7-5-15(26)10-14(22)9-13(3-4-19(29)30)20-16-6-8-24(31,18(28)12-25)23(16,2)11-17(27)21(20)22/h10,13,16-17,20-21,25,27,31H,3-9,11-12H2,1-2H3,(H,29,30)/t13?,16-,17-,20-,21-,22-,23-,24-/m0/s1. The molecule has 7 nitrogen and oxygen atoms in total. The second-order valence-corrected chi connectivity index (χ2v) is 10.8. The summed E-state index contributed by atoms with van der Waals surface area (Å²) in [6, 6.07) is 0. The van der Waals surface area contributed by atoms with E-state index in [1.807, 2.05) is 6.92 Å².